The normalized spacial score (nSPS) is 19.6. The Labute approximate surface area is 269 Å². The van der Waals surface area contributed by atoms with Crippen molar-refractivity contribution in [3.63, 3.8) is 0 Å². The molecule has 0 radical (unpaired) electrons. The number of amides is 1. The number of hydrogen-bond acceptors (Lipinski definition) is 6. The number of anilines is 1. The number of nitrogens with zero attached hydrogens (tertiary/aromatic N) is 4. The van der Waals surface area contributed by atoms with E-state index in [1.54, 1.807) is 0 Å². The predicted octanol–water partition coefficient (Wildman–Crippen LogP) is 8.37. The molecular formula is C34H58F3N7O. The van der Waals surface area contributed by atoms with Crippen molar-refractivity contribution in [2.75, 3.05) is 25.0 Å². The van der Waals surface area contributed by atoms with Gasteiger partial charge in [0.15, 0.2) is 0 Å². The van der Waals surface area contributed by atoms with Crippen molar-refractivity contribution in [3.8, 4) is 0 Å². The molecule has 1 aromatic rings. The number of hydrogen-bond donors (Lipinski definition) is 3. The Morgan fingerprint density at radius 3 is 2.53 bits per heavy atom. The van der Waals surface area contributed by atoms with Gasteiger partial charge in [0.2, 0.25) is 5.91 Å². The van der Waals surface area contributed by atoms with Crippen molar-refractivity contribution in [1.82, 2.24) is 20.2 Å². The fourth-order valence-corrected chi connectivity index (χ4v) is 5.64. The third-order valence-electron chi connectivity index (χ3n) is 8.74. The Morgan fingerprint density at radius 1 is 1.18 bits per heavy atom. The molecule has 1 aliphatic carbocycles. The van der Waals surface area contributed by atoms with E-state index in [4.69, 9.17) is 5.73 Å². The molecule has 1 amide bonds. The highest BCUT2D eigenvalue weighted by atomic mass is 19.4. The van der Waals surface area contributed by atoms with Gasteiger partial charge >= 0.3 is 6.18 Å². The number of halogens is 3. The van der Waals surface area contributed by atoms with E-state index >= 15 is 0 Å². The largest absolute Gasteiger partial charge is 0.421 e. The minimum atomic E-state index is -4.63. The zero-order valence-electron chi connectivity index (χ0n) is 28.5. The molecule has 1 saturated carbocycles. The van der Waals surface area contributed by atoms with Crippen LogP contribution in [-0.4, -0.2) is 52.3 Å². The van der Waals surface area contributed by atoms with Crippen LogP contribution in [0.25, 0.3) is 0 Å². The molecule has 1 saturated heterocycles. The number of likely N-dealkylation sites (tertiary alicyclic amines) is 1. The van der Waals surface area contributed by atoms with Crippen molar-refractivity contribution in [1.29, 1.82) is 0 Å². The molecule has 0 aromatic carbocycles. The number of nitrogens with two attached hydrogens (primary N) is 1. The maximum absolute atomic E-state index is 13.9. The van der Waals surface area contributed by atoms with Crippen LogP contribution >= 0.6 is 0 Å². The van der Waals surface area contributed by atoms with Crippen molar-refractivity contribution in [3.05, 3.63) is 23.5 Å². The lowest BCUT2D eigenvalue weighted by Gasteiger charge is -2.31. The van der Waals surface area contributed by atoms with Gasteiger partial charge < -0.3 is 21.3 Å². The van der Waals surface area contributed by atoms with Crippen molar-refractivity contribution in [2.24, 2.45) is 22.1 Å². The molecule has 45 heavy (non-hydrogen) atoms. The van der Waals surface area contributed by atoms with Crippen molar-refractivity contribution >= 4 is 23.5 Å². The molecular weight excluding hydrogens is 579 g/mol. The van der Waals surface area contributed by atoms with Crippen LogP contribution in [-0.2, 0) is 11.0 Å². The van der Waals surface area contributed by atoms with Crippen LogP contribution in [0.5, 0.6) is 0 Å². The zero-order valence-corrected chi connectivity index (χ0v) is 28.5. The Hall–Kier alpha value is -2.85. The van der Waals surface area contributed by atoms with Gasteiger partial charge in [0.1, 0.15) is 17.2 Å². The molecule has 1 aromatic heterocycles. The molecule has 0 bridgehead atoms. The van der Waals surface area contributed by atoms with Crippen LogP contribution in [0.3, 0.4) is 0 Å². The summed E-state index contributed by atoms with van der Waals surface area (Å²) >= 11 is 0. The Balaban J connectivity index is 0.00000345. The molecule has 3 rings (SSSR count). The zero-order chi connectivity index (χ0) is 33.5. The van der Waals surface area contributed by atoms with Crippen LogP contribution in [0.1, 0.15) is 131 Å². The summed E-state index contributed by atoms with van der Waals surface area (Å²) in [6, 6.07) is 0.330. The molecule has 11 heteroatoms. The van der Waals surface area contributed by atoms with Crippen LogP contribution < -0.4 is 16.4 Å². The fraction of sp³-hybridized carbons (Fsp3) is 0.765. The third-order valence-corrected chi connectivity index (χ3v) is 8.74. The summed E-state index contributed by atoms with van der Waals surface area (Å²) in [4.78, 5) is 27.0. The molecule has 2 atom stereocenters. The topological polar surface area (TPSA) is 109 Å². The van der Waals surface area contributed by atoms with Crippen LogP contribution in [0, 0.1) is 11.3 Å². The van der Waals surface area contributed by atoms with E-state index in [-0.39, 0.29) is 35.5 Å². The molecule has 0 spiro atoms. The van der Waals surface area contributed by atoms with E-state index in [0.29, 0.717) is 37.9 Å². The van der Waals surface area contributed by atoms with Gasteiger partial charge in [0, 0.05) is 55.5 Å². The number of aromatic nitrogens is 2. The lowest BCUT2D eigenvalue weighted by molar-refractivity contribution is -0.137. The molecule has 256 valence electrons. The number of carbonyl (C=O) groups excluding carboxylic acids is 1. The first kappa shape index (κ1) is 38.3. The Kier molecular flexibility index (Phi) is 16.2. The standard InChI is InChI=1S/C32H52F3N7O.C2H6/c1-5-8-9-13-25(11-6-2)37-19-24(7-3)28(36)40-30-38-20-26(32(33,34)35)29(41-30)39-21-31(16-17-31)22-42-18-15-23(4)12-10-14-27(42)43;1-2/h19-20,23,25,37H,5-18,21-22H2,1-4H3,(H3,36,38,39,40,41);1-2H3/b24-19-;. The number of rotatable bonds is 16. The maximum atomic E-state index is 13.9. The minimum absolute atomic E-state index is 0.127. The minimum Gasteiger partial charge on any atom is -0.388 e. The summed E-state index contributed by atoms with van der Waals surface area (Å²) < 4.78 is 41.7. The first-order chi connectivity index (χ1) is 21.5. The molecule has 2 unspecified atom stereocenters. The van der Waals surface area contributed by atoms with E-state index in [0.717, 1.165) is 76.0 Å². The van der Waals surface area contributed by atoms with Crippen LogP contribution in [0.2, 0.25) is 0 Å². The summed E-state index contributed by atoms with van der Waals surface area (Å²) in [6.07, 6.45) is 10.4. The molecule has 8 nitrogen and oxygen atoms in total. The van der Waals surface area contributed by atoms with Gasteiger partial charge in [-0.25, -0.2) is 4.98 Å². The van der Waals surface area contributed by atoms with Gasteiger partial charge in [-0.2, -0.15) is 23.1 Å². The average Bonchev–Trinajstić information content (AvgIpc) is 3.78. The number of unbranched alkanes of at least 4 members (excludes halogenated alkanes) is 2. The summed E-state index contributed by atoms with van der Waals surface area (Å²) in [5.74, 6) is 0.436. The van der Waals surface area contributed by atoms with Gasteiger partial charge in [-0.05, 0) is 50.9 Å². The second-order valence-electron chi connectivity index (χ2n) is 12.6. The summed E-state index contributed by atoms with van der Waals surface area (Å²) in [7, 11) is 0. The van der Waals surface area contributed by atoms with E-state index in [1.807, 2.05) is 31.9 Å². The average molecular weight is 638 g/mol. The molecule has 4 N–H and O–H groups in total. The van der Waals surface area contributed by atoms with Crippen molar-refractivity contribution < 1.29 is 18.0 Å². The van der Waals surface area contributed by atoms with Gasteiger partial charge in [0.25, 0.3) is 5.95 Å². The van der Waals surface area contributed by atoms with E-state index in [1.165, 1.54) is 6.42 Å². The summed E-state index contributed by atoms with van der Waals surface area (Å²) in [6.45, 7) is 14.0. The predicted molar refractivity (Wildman–Crippen MR) is 178 cm³/mol. The maximum Gasteiger partial charge on any atom is 0.421 e. The lowest BCUT2D eigenvalue weighted by Crippen LogP contribution is -2.40. The van der Waals surface area contributed by atoms with Gasteiger partial charge in [-0.15, -0.1) is 0 Å². The first-order valence-electron chi connectivity index (χ1n) is 17.3. The molecule has 2 fully saturated rings. The summed E-state index contributed by atoms with van der Waals surface area (Å²) in [5.41, 5.74) is 5.85. The highest BCUT2D eigenvalue weighted by Crippen LogP contribution is 2.47. The van der Waals surface area contributed by atoms with Gasteiger partial charge in [-0.1, -0.05) is 73.6 Å². The highest BCUT2D eigenvalue weighted by molar-refractivity contribution is 5.98. The fourth-order valence-electron chi connectivity index (χ4n) is 5.64. The molecule has 1 aliphatic heterocycles. The number of alkyl halides is 3. The highest BCUT2D eigenvalue weighted by Gasteiger charge is 2.45. The second kappa shape index (κ2) is 19.0. The lowest BCUT2D eigenvalue weighted by atomic mass is 9.96. The Morgan fingerprint density at radius 2 is 1.91 bits per heavy atom. The number of nitrogens with one attached hydrogen (secondary N) is 2. The smallest absolute Gasteiger partial charge is 0.388 e. The summed E-state index contributed by atoms with van der Waals surface area (Å²) in [5, 5.41) is 6.43. The number of carbonyl (C=O) groups is 1. The SMILES string of the molecule is CC.CCCCCC(CCC)N/C=C(CC)\C(N)=N\c1ncc(C(F)(F)F)c(NCC2(CN3CCC(C)CCCC3=O)CC2)n1. The van der Waals surface area contributed by atoms with Crippen molar-refractivity contribution in [2.45, 2.75) is 137 Å². The molecule has 2 aliphatic rings. The first-order valence-corrected chi connectivity index (χ1v) is 17.3. The molecule has 2 heterocycles. The second-order valence-corrected chi connectivity index (χ2v) is 12.6. The number of amidine groups is 1. The quantitative estimate of drug-likeness (QED) is 0.0955. The van der Waals surface area contributed by atoms with Gasteiger partial charge in [-0.3, -0.25) is 4.79 Å². The third kappa shape index (κ3) is 12.8. The Bertz CT molecular complexity index is 1100. The monoisotopic (exact) mass is 637 g/mol. The van der Waals surface area contributed by atoms with E-state index in [9.17, 15) is 18.0 Å². The van der Waals surface area contributed by atoms with Crippen LogP contribution in [0.4, 0.5) is 24.9 Å². The van der Waals surface area contributed by atoms with E-state index < -0.39 is 11.7 Å². The van der Waals surface area contributed by atoms with E-state index in [2.05, 4.69) is 46.4 Å². The number of aliphatic imine (C=N–C) groups is 1. The van der Waals surface area contributed by atoms with Crippen LogP contribution in [0.15, 0.2) is 23.0 Å². The van der Waals surface area contributed by atoms with Gasteiger partial charge in [0.05, 0.1) is 0 Å².